The number of carbonyl (C=O) groups excluding carboxylic acids is 2. The van der Waals surface area contributed by atoms with Crippen LogP contribution in [0, 0.1) is 5.82 Å². The number of unbranched alkanes of at least 4 members (excludes halogenated alkanes) is 1. The fourth-order valence-corrected chi connectivity index (χ4v) is 7.74. The molecule has 0 radical (unpaired) electrons. The van der Waals surface area contributed by atoms with E-state index in [1.807, 2.05) is 0 Å². The van der Waals surface area contributed by atoms with Crippen LogP contribution in [0.4, 0.5) is 4.39 Å². The van der Waals surface area contributed by atoms with E-state index in [2.05, 4.69) is 0 Å². The molecule has 1 heterocycles. The first kappa shape index (κ1) is 33.1. The van der Waals surface area contributed by atoms with Gasteiger partial charge in [-0.3, -0.25) is 32.6 Å². The zero-order valence-electron chi connectivity index (χ0n) is 23.6. The number of imide groups is 1. The number of ether oxygens (including phenoxy) is 1. The summed E-state index contributed by atoms with van der Waals surface area (Å²) in [4.78, 5) is 26.2. The third-order valence-corrected chi connectivity index (χ3v) is 9.86. The third kappa shape index (κ3) is 8.11. The molecule has 1 unspecified atom stereocenters. The molecule has 0 aromatic heterocycles. The van der Waals surface area contributed by atoms with Gasteiger partial charge in [0.15, 0.2) is 17.4 Å². The van der Waals surface area contributed by atoms with Gasteiger partial charge in [0.05, 0.1) is 44.2 Å². The van der Waals surface area contributed by atoms with E-state index >= 15 is 0 Å². The Labute approximate surface area is 239 Å². The lowest BCUT2D eigenvalue weighted by Crippen LogP contribution is -2.30. The number of benzene rings is 2. The zero-order chi connectivity index (χ0) is 30.0. The first-order chi connectivity index (χ1) is 19.6. The lowest BCUT2D eigenvalue weighted by Gasteiger charge is -2.29. The molecule has 0 bridgehead atoms. The summed E-state index contributed by atoms with van der Waals surface area (Å²) in [5.41, 5.74) is 0.857. The number of phosphoric ester groups is 1. The number of halogens is 1. The fraction of sp³-hybridized carbons (Fsp3) is 0.481. The number of hydrogen-bond donors (Lipinski definition) is 0. The van der Waals surface area contributed by atoms with Crippen molar-refractivity contribution in [2.24, 2.45) is 0 Å². The molecule has 14 heteroatoms. The first-order valence-corrected chi connectivity index (χ1v) is 16.5. The topological polar surface area (TPSA) is 127 Å². The molecular weight excluding hydrogens is 579 g/mol. The summed E-state index contributed by atoms with van der Waals surface area (Å²) < 4.78 is 74.3. The van der Waals surface area contributed by atoms with Crippen LogP contribution in [-0.2, 0) is 31.7 Å². The van der Waals surface area contributed by atoms with Crippen molar-refractivity contribution in [3.8, 4) is 5.75 Å². The Morgan fingerprint density at radius 2 is 1.37 bits per heavy atom. The van der Waals surface area contributed by atoms with E-state index in [1.54, 1.807) is 52.0 Å². The van der Waals surface area contributed by atoms with Crippen LogP contribution in [-0.4, -0.2) is 56.3 Å². The predicted octanol–water partition coefficient (Wildman–Crippen LogP) is 6.74. The van der Waals surface area contributed by atoms with Crippen molar-refractivity contribution in [1.29, 1.82) is 0 Å². The first-order valence-electron chi connectivity index (χ1n) is 13.5. The minimum absolute atomic E-state index is 0.0115. The second kappa shape index (κ2) is 15.2. The Balaban J connectivity index is 1.73. The molecule has 3 rings (SSSR count). The molecule has 0 spiro atoms. The standard InChI is InChI=1S/C27H36FNO10P2/c1-5-35-40(32,36-6-2)27(39-41(33,37-7-3)38-8-4)20-15-16-23(28)24(19-20)34-18-12-11-17-29-25(30)21-13-9-10-14-22(21)26(29)31/h9-10,13-16,19,27H,5-8,11-12,17-18H2,1-4H3. The summed E-state index contributed by atoms with van der Waals surface area (Å²) in [5.74, 6) is -3.16. The molecule has 0 saturated carbocycles. The normalized spacial score (nSPS) is 14.4. The van der Waals surface area contributed by atoms with Crippen molar-refractivity contribution in [1.82, 2.24) is 4.90 Å². The molecule has 226 valence electrons. The van der Waals surface area contributed by atoms with Gasteiger partial charge in [-0.05, 0) is 70.4 Å². The van der Waals surface area contributed by atoms with Crippen molar-refractivity contribution >= 4 is 27.2 Å². The monoisotopic (exact) mass is 615 g/mol. The molecule has 0 aliphatic carbocycles. The van der Waals surface area contributed by atoms with Gasteiger partial charge in [-0.15, -0.1) is 0 Å². The molecule has 1 aliphatic rings. The minimum atomic E-state index is -4.21. The molecule has 11 nitrogen and oxygen atoms in total. The summed E-state index contributed by atoms with van der Waals surface area (Å²) in [7, 11) is -8.33. The largest absolute Gasteiger partial charge is 0.491 e. The van der Waals surface area contributed by atoms with E-state index in [4.69, 9.17) is 27.4 Å². The van der Waals surface area contributed by atoms with Crippen molar-refractivity contribution < 1.29 is 50.5 Å². The van der Waals surface area contributed by atoms with E-state index in [9.17, 15) is 23.1 Å². The van der Waals surface area contributed by atoms with E-state index in [-0.39, 0.29) is 62.7 Å². The molecule has 0 fully saturated rings. The van der Waals surface area contributed by atoms with E-state index in [0.717, 1.165) is 6.07 Å². The van der Waals surface area contributed by atoms with Crippen LogP contribution in [0.1, 0.15) is 72.7 Å². The average Bonchev–Trinajstić information content (AvgIpc) is 3.18. The number of rotatable bonds is 18. The molecule has 0 N–H and O–H groups in total. The van der Waals surface area contributed by atoms with Crippen LogP contribution in [0.15, 0.2) is 42.5 Å². The highest BCUT2D eigenvalue weighted by molar-refractivity contribution is 7.55. The van der Waals surface area contributed by atoms with Crippen LogP contribution in [0.5, 0.6) is 5.75 Å². The lowest BCUT2D eigenvalue weighted by molar-refractivity contribution is 0.0649. The van der Waals surface area contributed by atoms with Crippen molar-refractivity contribution in [3.05, 3.63) is 65.0 Å². The van der Waals surface area contributed by atoms with Crippen LogP contribution >= 0.6 is 15.4 Å². The fourth-order valence-electron chi connectivity index (χ4n) is 4.15. The van der Waals surface area contributed by atoms with Gasteiger partial charge in [0.1, 0.15) is 0 Å². The van der Waals surface area contributed by atoms with Crippen molar-refractivity contribution in [3.63, 3.8) is 0 Å². The molecular formula is C27H36FNO10P2. The third-order valence-electron chi connectivity index (χ3n) is 5.86. The Bertz CT molecular complexity index is 1250. The van der Waals surface area contributed by atoms with Gasteiger partial charge < -0.3 is 13.8 Å². The van der Waals surface area contributed by atoms with Gasteiger partial charge in [-0.2, -0.15) is 0 Å². The van der Waals surface area contributed by atoms with Gasteiger partial charge in [0.25, 0.3) is 11.8 Å². The van der Waals surface area contributed by atoms with Gasteiger partial charge in [-0.25, -0.2) is 8.96 Å². The molecule has 1 aliphatic heterocycles. The lowest BCUT2D eigenvalue weighted by atomic mass is 10.1. The summed E-state index contributed by atoms with van der Waals surface area (Å²) in [6, 6.07) is 10.3. The van der Waals surface area contributed by atoms with Gasteiger partial charge >= 0.3 is 15.4 Å². The minimum Gasteiger partial charge on any atom is -0.491 e. The number of hydrogen-bond acceptors (Lipinski definition) is 10. The molecule has 2 amide bonds. The molecule has 41 heavy (non-hydrogen) atoms. The summed E-state index contributed by atoms with van der Waals surface area (Å²) in [6.07, 6.45) is 0.825. The van der Waals surface area contributed by atoms with Crippen LogP contribution in [0.3, 0.4) is 0 Å². The molecule has 2 aromatic carbocycles. The number of phosphoric acid groups is 1. The van der Waals surface area contributed by atoms with Crippen LogP contribution < -0.4 is 4.74 Å². The number of fused-ring (bicyclic) bond motifs is 1. The van der Waals surface area contributed by atoms with E-state index in [1.165, 1.54) is 17.0 Å². The second-order valence-electron chi connectivity index (χ2n) is 8.67. The Hall–Kier alpha value is -2.43. The summed E-state index contributed by atoms with van der Waals surface area (Å²) in [6.45, 7) is 6.57. The second-order valence-corrected chi connectivity index (χ2v) is 12.4. The summed E-state index contributed by atoms with van der Waals surface area (Å²) in [5, 5.41) is 0. The Kier molecular flexibility index (Phi) is 12.2. The molecule has 2 aromatic rings. The van der Waals surface area contributed by atoms with Crippen LogP contribution in [0.2, 0.25) is 0 Å². The quantitative estimate of drug-likeness (QED) is 0.101. The maximum Gasteiger partial charge on any atom is 0.475 e. The zero-order valence-corrected chi connectivity index (χ0v) is 25.4. The van der Waals surface area contributed by atoms with Crippen molar-refractivity contribution in [2.45, 2.75) is 46.4 Å². The Morgan fingerprint density at radius 3 is 1.90 bits per heavy atom. The number of nitrogens with zero attached hydrogens (tertiary/aromatic N) is 1. The SMILES string of the molecule is CCOP(=O)(OCC)OC(c1ccc(F)c(OCCCCN2C(=O)c3ccccc3C2=O)c1)P(=O)(OCC)OCC. The average molecular weight is 616 g/mol. The van der Waals surface area contributed by atoms with Gasteiger partial charge in [-0.1, -0.05) is 18.2 Å². The number of carbonyl (C=O) groups is 2. The van der Waals surface area contributed by atoms with Crippen molar-refractivity contribution in [2.75, 3.05) is 39.6 Å². The number of amides is 2. The highest BCUT2D eigenvalue weighted by Crippen LogP contribution is 2.68. The maximum atomic E-state index is 14.7. The van der Waals surface area contributed by atoms with Gasteiger partial charge in [0.2, 0.25) is 0 Å². The maximum absolute atomic E-state index is 14.7. The highest BCUT2D eigenvalue weighted by Gasteiger charge is 2.44. The van der Waals surface area contributed by atoms with E-state index < -0.39 is 27.1 Å². The smallest absolute Gasteiger partial charge is 0.475 e. The van der Waals surface area contributed by atoms with Crippen LogP contribution in [0.25, 0.3) is 0 Å². The molecule has 0 saturated heterocycles. The summed E-state index contributed by atoms with van der Waals surface area (Å²) >= 11 is 0. The molecule has 1 atom stereocenters. The van der Waals surface area contributed by atoms with E-state index in [0.29, 0.717) is 24.0 Å². The Morgan fingerprint density at radius 1 is 0.805 bits per heavy atom. The predicted molar refractivity (Wildman–Crippen MR) is 148 cm³/mol. The van der Waals surface area contributed by atoms with Gasteiger partial charge in [0, 0.05) is 6.54 Å². The highest BCUT2D eigenvalue weighted by atomic mass is 31.2.